The number of urea groups is 1. The number of carbonyl (C=O) groups excluding carboxylic acids is 2. The van der Waals surface area contributed by atoms with E-state index in [2.05, 4.69) is 10.6 Å². The maximum absolute atomic E-state index is 12.9. The number of benzene rings is 3. The number of nitrogens with zero attached hydrogens (tertiary/aromatic N) is 1. The Labute approximate surface area is 170 Å². The highest BCUT2D eigenvalue weighted by Gasteiger charge is 2.23. The van der Waals surface area contributed by atoms with Crippen LogP contribution >= 0.6 is 0 Å². The molecule has 0 unspecified atom stereocenters. The van der Waals surface area contributed by atoms with Crippen molar-refractivity contribution in [1.29, 1.82) is 0 Å². The van der Waals surface area contributed by atoms with Gasteiger partial charge >= 0.3 is 6.03 Å². The number of nitrogens with one attached hydrogen (secondary N) is 2. The molecule has 146 valence electrons. The average molecular weight is 385 g/mol. The van der Waals surface area contributed by atoms with E-state index in [9.17, 15) is 9.59 Å². The lowest BCUT2D eigenvalue weighted by Crippen LogP contribution is -2.35. The van der Waals surface area contributed by atoms with Gasteiger partial charge in [-0.05, 0) is 67.8 Å². The third-order valence-corrected chi connectivity index (χ3v) is 5.03. The number of aryl methyl sites for hydroxylation is 2. The summed E-state index contributed by atoms with van der Waals surface area (Å²) in [5.41, 5.74) is 5.25. The highest BCUT2D eigenvalue weighted by molar-refractivity contribution is 6.07. The van der Waals surface area contributed by atoms with Gasteiger partial charge in [0.25, 0.3) is 5.91 Å². The molecule has 1 heterocycles. The molecule has 1 aliphatic rings. The number of rotatable bonds is 3. The van der Waals surface area contributed by atoms with Crippen LogP contribution in [0, 0.1) is 6.92 Å². The highest BCUT2D eigenvalue weighted by atomic mass is 16.2. The number of carbonyl (C=O) groups is 2. The van der Waals surface area contributed by atoms with E-state index in [1.165, 1.54) is 0 Å². The van der Waals surface area contributed by atoms with Crippen LogP contribution in [0.2, 0.25) is 0 Å². The van der Waals surface area contributed by atoms with Crippen LogP contribution in [0.4, 0.5) is 21.9 Å². The Morgan fingerprint density at radius 1 is 0.862 bits per heavy atom. The van der Waals surface area contributed by atoms with Crippen molar-refractivity contribution in [2.45, 2.75) is 19.8 Å². The zero-order valence-electron chi connectivity index (χ0n) is 16.3. The Balaban J connectivity index is 1.48. The molecule has 0 saturated heterocycles. The van der Waals surface area contributed by atoms with Crippen LogP contribution in [-0.4, -0.2) is 18.5 Å². The molecule has 0 aromatic heterocycles. The predicted octanol–water partition coefficient (Wildman–Crippen LogP) is 5.23. The molecule has 2 N–H and O–H groups in total. The molecule has 3 aromatic carbocycles. The van der Waals surface area contributed by atoms with Gasteiger partial charge in [0.1, 0.15) is 0 Å². The molecular weight excluding hydrogens is 362 g/mol. The quantitative estimate of drug-likeness (QED) is 0.648. The molecule has 0 bridgehead atoms. The maximum atomic E-state index is 12.9. The lowest BCUT2D eigenvalue weighted by Gasteiger charge is -2.30. The van der Waals surface area contributed by atoms with Crippen LogP contribution in [0.3, 0.4) is 0 Å². The number of amides is 3. The molecule has 0 aliphatic carbocycles. The highest BCUT2D eigenvalue weighted by Crippen LogP contribution is 2.31. The van der Waals surface area contributed by atoms with Crippen molar-refractivity contribution >= 4 is 29.0 Å². The van der Waals surface area contributed by atoms with Gasteiger partial charge in [-0.3, -0.25) is 4.79 Å². The normalized spacial score (nSPS) is 12.8. The molecule has 4 rings (SSSR count). The Morgan fingerprint density at radius 2 is 1.55 bits per heavy atom. The van der Waals surface area contributed by atoms with Gasteiger partial charge in [-0.2, -0.15) is 0 Å². The van der Waals surface area contributed by atoms with Gasteiger partial charge in [-0.1, -0.05) is 35.9 Å². The molecule has 0 fully saturated rings. The van der Waals surface area contributed by atoms with Crippen LogP contribution in [0.1, 0.15) is 27.9 Å². The molecule has 5 nitrogen and oxygen atoms in total. The SMILES string of the molecule is Cc1ccc(NC(=O)Nc2ccc3c(c2)CCCN3C(=O)c2ccccc2)cc1. The summed E-state index contributed by atoms with van der Waals surface area (Å²) in [4.78, 5) is 27.0. The predicted molar refractivity (Wildman–Crippen MR) is 117 cm³/mol. The van der Waals surface area contributed by atoms with Crippen molar-refractivity contribution in [2.24, 2.45) is 0 Å². The van der Waals surface area contributed by atoms with E-state index in [1.54, 1.807) is 0 Å². The topological polar surface area (TPSA) is 61.4 Å². The summed E-state index contributed by atoms with van der Waals surface area (Å²) in [7, 11) is 0. The third-order valence-electron chi connectivity index (χ3n) is 5.03. The van der Waals surface area contributed by atoms with E-state index < -0.39 is 0 Å². The van der Waals surface area contributed by atoms with Crippen molar-refractivity contribution in [3.8, 4) is 0 Å². The number of fused-ring (bicyclic) bond motifs is 1. The third kappa shape index (κ3) is 4.29. The van der Waals surface area contributed by atoms with E-state index >= 15 is 0 Å². The minimum absolute atomic E-state index is 0.00405. The van der Waals surface area contributed by atoms with Crippen LogP contribution in [0.5, 0.6) is 0 Å². The summed E-state index contributed by atoms with van der Waals surface area (Å²) in [6, 6.07) is 22.4. The number of anilines is 3. The Morgan fingerprint density at radius 3 is 2.31 bits per heavy atom. The number of hydrogen-bond donors (Lipinski definition) is 2. The average Bonchev–Trinajstić information content (AvgIpc) is 2.75. The van der Waals surface area contributed by atoms with Gasteiger partial charge in [-0.25, -0.2) is 4.79 Å². The molecule has 0 radical (unpaired) electrons. The molecule has 29 heavy (non-hydrogen) atoms. The summed E-state index contributed by atoms with van der Waals surface area (Å²) in [5.74, 6) is 0.00405. The molecule has 0 saturated carbocycles. The molecular formula is C24H23N3O2. The minimum Gasteiger partial charge on any atom is -0.308 e. The van der Waals surface area contributed by atoms with Gasteiger partial charge in [0, 0.05) is 29.2 Å². The van der Waals surface area contributed by atoms with Gasteiger partial charge in [0.15, 0.2) is 0 Å². The van der Waals surface area contributed by atoms with Crippen LogP contribution < -0.4 is 15.5 Å². The molecule has 0 spiro atoms. The van der Waals surface area contributed by atoms with Crippen LogP contribution in [-0.2, 0) is 6.42 Å². The lowest BCUT2D eigenvalue weighted by molar-refractivity contribution is 0.0985. The zero-order valence-corrected chi connectivity index (χ0v) is 16.3. The fourth-order valence-corrected chi connectivity index (χ4v) is 3.55. The summed E-state index contributed by atoms with van der Waals surface area (Å²) in [6.07, 6.45) is 1.77. The maximum Gasteiger partial charge on any atom is 0.323 e. The first-order valence-corrected chi connectivity index (χ1v) is 9.75. The van der Waals surface area contributed by atoms with Gasteiger partial charge < -0.3 is 15.5 Å². The molecule has 0 atom stereocenters. The Bertz CT molecular complexity index is 1030. The molecule has 1 aliphatic heterocycles. The fourth-order valence-electron chi connectivity index (χ4n) is 3.55. The summed E-state index contributed by atoms with van der Waals surface area (Å²) in [5, 5.41) is 5.71. The zero-order chi connectivity index (χ0) is 20.2. The van der Waals surface area contributed by atoms with Gasteiger partial charge in [0.2, 0.25) is 0 Å². The standard InChI is InChI=1S/C24H23N3O2/c1-17-9-11-20(12-10-17)25-24(29)26-21-13-14-22-19(16-21)8-5-15-27(22)23(28)18-6-3-2-4-7-18/h2-4,6-7,9-14,16H,5,8,15H2,1H3,(H2,25,26,29). The summed E-state index contributed by atoms with van der Waals surface area (Å²) >= 11 is 0. The van der Waals surface area contributed by atoms with Crippen LogP contribution in [0.25, 0.3) is 0 Å². The van der Waals surface area contributed by atoms with Crippen molar-refractivity contribution in [3.63, 3.8) is 0 Å². The van der Waals surface area contributed by atoms with Gasteiger partial charge in [-0.15, -0.1) is 0 Å². The summed E-state index contributed by atoms with van der Waals surface area (Å²) in [6.45, 7) is 2.70. The van der Waals surface area contributed by atoms with Crippen molar-refractivity contribution in [2.75, 3.05) is 22.1 Å². The summed E-state index contributed by atoms with van der Waals surface area (Å²) < 4.78 is 0. The molecule has 3 aromatic rings. The first-order chi connectivity index (χ1) is 14.1. The van der Waals surface area contributed by atoms with E-state index in [1.807, 2.05) is 84.6 Å². The molecule has 3 amide bonds. The second kappa shape index (κ2) is 8.19. The van der Waals surface area contributed by atoms with Crippen LogP contribution in [0.15, 0.2) is 72.8 Å². The largest absolute Gasteiger partial charge is 0.323 e. The van der Waals surface area contributed by atoms with E-state index in [0.29, 0.717) is 17.8 Å². The Hall–Kier alpha value is -3.60. The Kier molecular flexibility index (Phi) is 5.29. The number of hydrogen-bond acceptors (Lipinski definition) is 2. The fraction of sp³-hybridized carbons (Fsp3) is 0.167. The first-order valence-electron chi connectivity index (χ1n) is 9.75. The monoisotopic (exact) mass is 385 g/mol. The van der Waals surface area contributed by atoms with Crippen molar-refractivity contribution in [3.05, 3.63) is 89.5 Å². The smallest absolute Gasteiger partial charge is 0.308 e. The van der Waals surface area contributed by atoms with E-state index in [0.717, 1.165) is 35.3 Å². The second-order valence-electron chi connectivity index (χ2n) is 7.22. The van der Waals surface area contributed by atoms with E-state index in [4.69, 9.17) is 0 Å². The van der Waals surface area contributed by atoms with Gasteiger partial charge in [0.05, 0.1) is 0 Å². The molecule has 5 heteroatoms. The first kappa shape index (κ1) is 18.7. The second-order valence-corrected chi connectivity index (χ2v) is 7.22. The lowest BCUT2D eigenvalue weighted by atomic mass is 10.00. The van der Waals surface area contributed by atoms with Crippen molar-refractivity contribution < 1.29 is 9.59 Å². The van der Waals surface area contributed by atoms with Crippen molar-refractivity contribution in [1.82, 2.24) is 0 Å². The van der Waals surface area contributed by atoms with E-state index in [-0.39, 0.29) is 11.9 Å². The minimum atomic E-state index is -0.290.